The first-order valence-electron chi connectivity index (χ1n) is 13.0. The summed E-state index contributed by atoms with van der Waals surface area (Å²) in [4.78, 5) is 35.9. The van der Waals surface area contributed by atoms with Crippen LogP contribution >= 0.6 is 0 Å². The van der Waals surface area contributed by atoms with E-state index in [2.05, 4.69) is 36.9 Å². The Labute approximate surface area is 237 Å². The monoisotopic (exact) mass is 570 g/mol. The predicted molar refractivity (Wildman–Crippen MR) is 149 cm³/mol. The highest BCUT2D eigenvalue weighted by Crippen LogP contribution is 2.10. The average Bonchev–Trinajstić information content (AvgIpc) is 2.84. The molecule has 0 aliphatic heterocycles. The molecule has 0 spiro atoms. The molecule has 0 aromatic rings. The van der Waals surface area contributed by atoms with E-state index in [4.69, 9.17) is 33.2 Å². The summed E-state index contributed by atoms with van der Waals surface area (Å²) < 4.78 is 36.6. The van der Waals surface area contributed by atoms with E-state index in [1.54, 1.807) is 20.8 Å². The molecule has 12 heteroatoms. The summed E-state index contributed by atoms with van der Waals surface area (Å²) in [7, 11) is 0. The molecule has 1 atom stereocenters. The lowest BCUT2D eigenvalue weighted by atomic mass is 10.2. The van der Waals surface area contributed by atoms with Crippen molar-refractivity contribution in [2.24, 2.45) is 0 Å². The van der Waals surface area contributed by atoms with E-state index in [-0.39, 0.29) is 38.8 Å². The van der Waals surface area contributed by atoms with Gasteiger partial charge < -0.3 is 43.8 Å². The minimum Gasteiger partial charge on any atom is -0.473 e. The SMILES string of the molecule is C=C(C)CC(OC(=O)NCCCCCCNC(=O)OC(COCOC(=C)C)COCOC(=C)C)OC(=O)C(=C)C. The van der Waals surface area contributed by atoms with Gasteiger partial charge in [-0.15, -0.1) is 0 Å². The molecule has 0 heterocycles. The van der Waals surface area contributed by atoms with E-state index in [9.17, 15) is 14.4 Å². The summed E-state index contributed by atoms with van der Waals surface area (Å²) in [5.74, 6) is 0.367. The topological polar surface area (TPSA) is 140 Å². The van der Waals surface area contributed by atoms with Gasteiger partial charge in [0, 0.05) is 25.1 Å². The highest BCUT2D eigenvalue weighted by Gasteiger charge is 2.19. The smallest absolute Gasteiger partial charge is 0.410 e. The van der Waals surface area contributed by atoms with Crippen LogP contribution in [0.3, 0.4) is 0 Å². The molecule has 0 radical (unpaired) electrons. The fourth-order valence-electron chi connectivity index (χ4n) is 2.71. The third kappa shape index (κ3) is 22.5. The van der Waals surface area contributed by atoms with Crippen LogP contribution in [-0.2, 0) is 38.0 Å². The molecule has 2 N–H and O–H groups in total. The van der Waals surface area contributed by atoms with Crippen LogP contribution < -0.4 is 10.6 Å². The van der Waals surface area contributed by atoms with Crippen molar-refractivity contribution in [3.8, 4) is 0 Å². The Balaban J connectivity index is 4.17. The fraction of sp³-hybridized carbons (Fsp3) is 0.607. The lowest BCUT2D eigenvalue weighted by molar-refractivity contribution is -0.162. The molecule has 0 aliphatic rings. The van der Waals surface area contributed by atoms with Gasteiger partial charge in [0.25, 0.3) is 6.29 Å². The first-order chi connectivity index (χ1) is 18.9. The van der Waals surface area contributed by atoms with Gasteiger partial charge in [-0.2, -0.15) is 0 Å². The molecule has 0 saturated carbocycles. The maximum Gasteiger partial charge on any atom is 0.410 e. The number of nitrogens with one attached hydrogen (secondary N) is 2. The normalized spacial score (nSPS) is 11.1. The van der Waals surface area contributed by atoms with Crippen molar-refractivity contribution in [3.63, 3.8) is 0 Å². The fourth-order valence-corrected chi connectivity index (χ4v) is 2.71. The summed E-state index contributed by atoms with van der Waals surface area (Å²) in [6, 6.07) is 0. The Morgan fingerprint density at radius 3 is 1.57 bits per heavy atom. The van der Waals surface area contributed by atoms with Crippen LogP contribution in [-0.4, -0.2) is 70.4 Å². The van der Waals surface area contributed by atoms with E-state index in [0.29, 0.717) is 43.0 Å². The Kier molecular flexibility index (Phi) is 20.4. The molecule has 12 nitrogen and oxygen atoms in total. The van der Waals surface area contributed by atoms with Gasteiger partial charge in [-0.25, -0.2) is 14.4 Å². The molecular formula is C28H46N2O10. The highest BCUT2D eigenvalue weighted by atomic mass is 16.7. The van der Waals surface area contributed by atoms with Crippen molar-refractivity contribution in [1.82, 2.24) is 10.6 Å². The quantitative estimate of drug-likeness (QED) is 0.0438. The third-order valence-corrected chi connectivity index (χ3v) is 4.64. The maximum atomic E-state index is 12.2. The van der Waals surface area contributed by atoms with Crippen molar-refractivity contribution in [2.45, 2.75) is 72.2 Å². The van der Waals surface area contributed by atoms with E-state index in [1.807, 2.05) is 0 Å². The van der Waals surface area contributed by atoms with Gasteiger partial charge in [0.1, 0.15) is 0 Å². The molecule has 40 heavy (non-hydrogen) atoms. The second-order valence-electron chi connectivity index (χ2n) is 9.15. The minimum absolute atomic E-state index is 0.0246. The second-order valence-corrected chi connectivity index (χ2v) is 9.15. The van der Waals surface area contributed by atoms with Crippen molar-refractivity contribution in [3.05, 3.63) is 49.0 Å². The molecule has 0 aliphatic carbocycles. The van der Waals surface area contributed by atoms with Crippen LogP contribution in [0.1, 0.15) is 59.8 Å². The third-order valence-electron chi connectivity index (χ3n) is 4.64. The zero-order valence-corrected chi connectivity index (χ0v) is 24.3. The van der Waals surface area contributed by atoms with E-state index >= 15 is 0 Å². The van der Waals surface area contributed by atoms with Gasteiger partial charge in [-0.05, 0) is 40.5 Å². The highest BCUT2D eigenvalue weighted by molar-refractivity contribution is 5.87. The van der Waals surface area contributed by atoms with Crippen LogP contribution in [0, 0.1) is 0 Å². The second kappa shape index (κ2) is 22.3. The molecule has 228 valence electrons. The Hall–Kier alpha value is -3.51. The molecule has 0 bridgehead atoms. The zero-order chi connectivity index (χ0) is 30.3. The molecule has 0 fully saturated rings. The summed E-state index contributed by atoms with van der Waals surface area (Å²) >= 11 is 0. The Morgan fingerprint density at radius 1 is 0.675 bits per heavy atom. The minimum atomic E-state index is -1.07. The van der Waals surface area contributed by atoms with Crippen molar-refractivity contribution < 1.29 is 47.5 Å². The summed E-state index contributed by atoms with van der Waals surface area (Å²) in [5.41, 5.74) is 0.901. The molecule has 1 unspecified atom stereocenters. The zero-order valence-electron chi connectivity index (χ0n) is 24.3. The number of rotatable bonds is 23. The van der Waals surface area contributed by atoms with Crippen molar-refractivity contribution in [2.75, 3.05) is 39.9 Å². The number of hydrogen-bond acceptors (Lipinski definition) is 10. The van der Waals surface area contributed by atoms with Crippen LogP contribution in [0.25, 0.3) is 0 Å². The Morgan fingerprint density at radius 2 is 1.15 bits per heavy atom. The number of hydrogen-bond donors (Lipinski definition) is 2. The standard InChI is InChI=1S/C28H46N2O10/c1-20(2)15-25(39-26(31)21(3)4)40-28(33)30-14-12-10-9-11-13-29-27(32)38-24(16-34-18-36-22(5)6)17-35-19-37-23(7)8/h24-25H,1,3,5,7,9-19H2,2,4,6,8H3,(H,29,32)(H,30,33). The van der Waals surface area contributed by atoms with E-state index in [0.717, 1.165) is 12.8 Å². The number of esters is 1. The maximum absolute atomic E-state index is 12.2. The van der Waals surface area contributed by atoms with Gasteiger partial charge >= 0.3 is 18.2 Å². The summed E-state index contributed by atoms with van der Waals surface area (Å²) in [6.45, 7) is 22.0. The molecule has 0 aromatic heterocycles. The number of carbonyl (C=O) groups excluding carboxylic acids is 3. The molecular weight excluding hydrogens is 524 g/mol. The Bertz CT molecular complexity index is 821. The molecule has 0 saturated heterocycles. The van der Waals surface area contributed by atoms with Crippen LogP contribution in [0.5, 0.6) is 0 Å². The number of allylic oxidation sites excluding steroid dienone is 2. The van der Waals surface area contributed by atoms with Crippen LogP contribution in [0.2, 0.25) is 0 Å². The molecule has 2 amide bonds. The number of carbonyl (C=O) groups is 3. The van der Waals surface area contributed by atoms with Crippen LogP contribution in [0.15, 0.2) is 49.0 Å². The van der Waals surface area contributed by atoms with Gasteiger partial charge in [0.15, 0.2) is 19.7 Å². The van der Waals surface area contributed by atoms with Gasteiger partial charge in [-0.1, -0.05) is 44.7 Å². The predicted octanol–water partition coefficient (Wildman–Crippen LogP) is 4.83. The molecule has 0 rings (SSSR count). The van der Waals surface area contributed by atoms with Crippen molar-refractivity contribution in [1.29, 1.82) is 0 Å². The number of ether oxygens (including phenoxy) is 7. The molecule has 0 aromatic carbocycles. The number of amides is 2. The van der Waals surface area contributed by atoms with E-state index < -0.39 is 30.5 Å². The summed E-state index contributed by atoms with van der Waals surface area (Å²) in [6.07, 6.45) is 0.205. The van der Waals surface area contributed by atoms with Gasteiger partial charge in [0.05, 0.1) is 24.7 Å². The summed E-state index contributed by atoms with van der Waals surface area (Å²) in [5, 5.41) is 5.32. The largest absolute Gasteiger partial charge is 0.473 e. The average molecular weight is 571 g/mol. The van der Waals surface area contributed by atoms with Gasteiger partial charge in [-0.3, -0.25) is 0 Å². The van der Waals surface area contributed by atoms with Crippen molar-refractivity contribution >= 4 is 18.2 Å². The van der Waals surface area contributed by atoms with Gasteiger partial charge in [0.2, 0.25) is 0 Å². The lowest BCUT2D eigenvalue weighted by Crippen LogP contribution is -2.35. The lowest BCUT2D eigenvalue weighted by Gasteiger charge is -2.19. The first-order valence-corrected chi connectivity index (χ1v) is 13.0. The number of unbranched alkanes of at least 4 members (excludes halogenated alkanes) is 3. The number of alkyl carbamates (subject to hydrolysis) is 2. The first kappa shape index (κ1) is 36.5. The van der Waals surface area contributed by atoms with E-state index in [1.165, 1.54) is 6.92 Å². The van der Waals surface area contributed by atoms with Crippen LogP contribution in [0.4, 0.5) is 9.59 Å².